The van der Waals surface area contributed by atoms with Gasteiger partial charge >= 0.3 is 0 Å². The number of nitrogens with zero attached hydrogens (tertiary/aromatic N) is 1. The lowest BCUT2D eigenvalue weighted by molar-refractivity contribution is -0.121. The molecule has 0 aliphatic carbocycles. The fraction of sp³-hybridized carbons (Fsp3) is 0.462. The molecule has 0 radical (unpaired) electrons. The van der Waals surface area contributed by atoms with E-state index in [0.29, 0.717) is 5.91 Å². The molecule has 0 spiro atoms. The third kappa shape index (κ3) is 1.80. The number of nitrogens with two attached hydrogens (primary N) is 1. The molecule has 2 aliphatic rings. The standard InChI is InChI=1S/C13H16N2OS/c14-11-2-1-3-12-10(11)4-6-15(12)13(16)9-5-7-17-8-9/h1-3,9H,4-8,14H2. The fourth-order valence-corrected chi connectivity index (χ4v) is 3.85. The Balaban J connectivity index is 1.88. The maximum Gasteiger partial charge on any atom is 0.230 e. The highest BCUT2D eigenvalue weighted by Crippen LogP contribution is 2.35. The lowest BCUT2D eigenvalue weighted by Crippen LogP contribution is -2.34. The molecule has 4 heteroatoms. The average molecular weight is 248 g/mol. The molecular formula is C13H16N2OS. The number of hydrogen-bond donors (Lipinski definition) is 1. The van der Waals surface area contributed by atoms with Crippen LogP contribution in [0.25, 0.3) is 0 Å². The monoisotopic (exact) mass is 248 g/mol. The number of carbonyl (C=O) groups excluding carboxylic acids is 1. The SMILES string of the molecule is Nc1cccc2c1CCN2C(=O)C1CCSC1. The molecule has 1 amide bonds. The number of nitrogen functional groups attached to an aromatic ring is 1. The highest BCUT2D eigenvalue weighted by molar-refractivity contribution is 7.99. The maximum atomic E-state index is 12.4. The van der Waals surface area contributed by atoms with Crippen molar-refractivity contribution in [2.75, 3.05) is 28.7 Å². The smallest absolute Gasteiger partial charge is 0.230 e. The van der Waals surface area contributed by atoms with Gasteiger partial charge in [0.15, 0.2) is 0 Å². The maximum absolute atomic E-state index is 12.4. The van der Waals surface area contributed by atoms with Crippen LogP contribution < -0.4 is 10.6 Å². The van der Waals surface area contributed by atoms with Gasteiger partial charge in [-0.3, -0.25) is 4.79 Å². The van der Waals surface area contributed by atoms with Gasteiger partial charge in [0.05, 0.1) is 0 Å². The zero-order valence-corrected chi connectivity index (χ0v) is 10.5. The van der Waals surface area contributed by atoms with Crippen LogP contribution in [0.3, 0.4) is 0 Å². The Morgan fingerprint density at radius 2 is 2.35 bits per heavy atom. The number of fused-ring (bicyclic) bond motifs is 1. The number of benzene rings is 1. The van der Waals surface area contributed by atoms with Gasteiger partial charge in [-0.05, 0) is 30.7 Å². The normalized spacial score (nSPS) is 22.8. The predicted octanol–water partition coefficient (Wildman–Crippen LogP) is 1.91. The fourth-order valence-electron chi connectivity index (χ4n) is 2.64. The van der Waals surface area contributed by atoms with Gasteiger partial charge in [0.25, 0.3) is 0 Å². The molecule has 2 heterocycles. The first-order valence-electron chi connectivity index (χ1n) is 6.04. The van der Waals surface area contributed by atoms with Gasteiger partial charge < -0.3 is 10.6 Å². The van der Waals surface area contributed by atoms with Crippen LogP contribution in [0.4, 0.5) is 11.4 Å². The van der Waals surface area contributed by atoms with Crippen LogP contribution in [-0.2, 0) is 11.2 Å². The first kappa shape index (κ1) is 11.0. The van der Waals surface area contributed by atoms with E-state index >= 15 is 0 Å². The molecule has 1 fully saturated rings. The Morgan fingerprint density at radius 3 is 3.12 bits per heavy atom. The molecule has 0 aromatic heterocycles. The number of rotatable bonds is 1. The van der Waals surface area contributed by atoms with Crippen molar-refractivity contribution >= 4 is 29.0 Å². The molecule has 2 N–H and O–H groups in total. The number of anilines is 2. The Labute approximate surface area is 105 Å². The van der Waals surface area contributed by atoms with Gasteiger partial charge in [-0.2, -0.15) is 11.8 Å². The summed E-state index contributed by atoms with van der Waals surface area (Å²) in [6.45, 7) is 0.795. The molecule has 1 atom stereocenters. The molecule has 1 aromatic carbocycles. The number of amides is 1. The van der Waals surface area contributed by atoms with Crippen LogP contribution in [0.5, 0.6) is 0 Å². The Hall–Kier alpha value is -1.16. The van der Waals surface area contributed by atoms with Crippen molar-refractivity contribution < 1.29 is 4.79 Å². The minimum Gasteiger partial charge on any atom is -0.398 e. The number of carbonyl (C=O) groups is 1. The van der Waals surface area contributed by atoms with Crippen molar-refractivity contribution in [1.82, 2.24) is 0 Å². The molecule has 3 rings (SSSR count). The Bertz CT molecular complexity index is 455. The van der Waals surface area contributed by atoms with Crippen molar-refractivity contribution in [1.29, 1.82) is 0 Å². The van der Waals surface area contributed by atoms with E-state index in [9.17, 15) is 4.79 Å². The minimum atomic E-state index is 0.215. The van der Waals surface area contributed by atoms with Crippen LogP contribution in [0.15, 0.2) is 18.2 Å². The molecule has 0 saturated carbocycles. The van der Waals surface area contributed by atoms with Crippen LogP contribution in [0.1, 0.15) is 12.0 Å². The molecular weight excluding hydrogens is 232 g/mol. The van der Waals surface area contributed by atoms with E-state index in [1.165, 1.54) is 0 Å². The van der Waals surface area contributed by atoms with Crippen molar-refractivity contribution in [2.45, 2.75) is 12.8 Å². The van der Waals surface area contributed by atoms with E-state index in [-0.39, 0.29) is 5.92 Å². The summed E-state index contributed by atoms with van der Waals surface area (Å²) in [5, 5.41) is 0. The largest absolute Gasteiger partial charge is 0.398 e. The summed E-state index contributed by atoms with van der Waals surface area (Å²) in [6, 6.07) is 5.86. The lowest BCUT2D eigenvalue weighted by atomic mass is 10.1. The summed E-state index contributed by atoms with van der Waals surface area (Å²) in [7, 11) is 0. The second-order valence-electron chi connectivity index (χ2n) is 4.65. The Morgan fingerprint density at radius 1 is 1.47 bits per heavy atom. The predicted molar refractivity (Wildman–Crippen MR) is 72.3 cm³/mol. The van der Waals surface area contributed by atoms with Gasteiger partial charge in [0.2, 0.25) is 5.91 Å². The summed E-state index contributed by atoms with van der Waals surface area (Å²) < 4.78 is 0. The quantitative estimate of drug-likeness (QED) is 0.772. The molecule has 17 heavy (non-hydrogen) atoms. The van der Waals surface area contributed by atoms with Crippen LogP contribution >= 0.6 is 11.8 Å². The van der Waals surface area contributed by atoms with Crippen molar-refractivity contribution in [3.05, 3.63) is 23.8 Å². The minimum absolute atomic E-state index is 0.215. The van der Waals surface area contributed by atoms with E-state index in [0.717, 1.165) is 47.8 Å². The lowest BCUT2D eigenvalue weighted by Gasteiger charge is -2.20. The molecule has 3 nitrogen and oxygen atoms in total. The van der Waals surface area contributed by atoms with Gasteiger partial charge in [-0.1, -0.05) is 6.07 Å². The van der Waals surface area contributed by atoms with Gasteiger partial charge in [0.1, 0.15) is 0 Å². The van der Waals surface area contributed by atoms with Crippen LogP contribution in [0, 0.1) is 5.92 Å². The van der Waals surface area contributed by atoms with Gasteiger partial charge in [-0.15, -0.1) is 0 Å². The first-order chi connectivity index (χ1) is 8.27. The molecule has 0 bridgehead atoms. The zero-order chi connectivity index (χ0) is 11.8. The summed E-state index contributed by atoms with van der Waals surface area (Å²) in [5.74, 6) is 2.60. The second kappa shape index (κ2) is 4.26. The van der Waals surface area contributed by atoms with E-state index in [1.54, 1.807) is 0 Å². The van der Waals surface area contributed by atoms with Crippen molar-refractivity contribution in [3.8, 4) is 0 Å². The topological polar surface area (TPSA) is 46.3 Å². The van der Waals surface area contributed by atoms with E-state index < -0.39 is 0 Å². The first-order valence-corrected chi connectivity index (χ1v) is 7.19. The van der Waals surface area contributed by atoms with Gasteiger partial charge in [-0.25, -0.2) is 0 Å². The highest BCUT2D eigenvalue weighted by atomic mass is 32.2. The second-order valence-corrected chi connectivity index (χ2v) is 5.80. The summed E-state index contributed by atoms with van der Waals surface area (Å²) in [5.41, 5.74) is 8.94. The molecule has 1 aromatic rings. The molecule has 1 saturated heterocycles. The molecule has 2 aliphatic heterocycles. The highest BCUT2D eigenvalue weighted by Gasteiger charge is 2.32. The van der Waals surface area contributed by atoms with E-state index in [1.807, 2.05) is 34.9 Å². The van der Waals surface area contributed by atoms with Gasteiger partial charge in [0, 0.05) is 35.2 Å². The van der Waals surface area contributed by atoms with Crippen molar-refractivity contribution in [3.63, 3.8) is 0 Å². The molecule has 90 valence electrons. The summed E-state index contributed by atoms with van der Waals surface area (Å²) >= 11 is 1.88. The van der Waals surface area contributed by atoms with E-state index in [4.69, 9.17) is 5.73 Å². The third-order valence-corrected chi connectivity index (χ3v) is 4.77. The average Bonchev–Trinajstić information content (AvgIpc) is 2.98. The van der Waals surface area contributed by atoms with Crippen LogP contribution in [0.2, 0.25) is 0 Å². The van der Waals surface area contributed by atoms with E-state index in [2.05, 4.69) is 0 Å². The summed E-state index contributed by atoms with van der Waals surface area (Å²) in [6.07, 6.45) is 1.92. The third-order valence-electron chi connectivity index (χ3n) is 3.61. The summed E-state index contributed by atoms with van der Waals surface area (Å²) in [4.78, 5) is 14.3. The number of thioether (sulfide) groups is 1. The van der Waals surface area contributed by atoms with Crippen molar-refractivity contribution in [2.24, 2.45) is 5.92 Å². The number of hydrogen-bond acceptors (Lipinski definition) is 3. The Kier molecular flexibility index (Phi) is 2.74. The molecule has 1 unspecified atom stereocenters. The van der Waals surface area contributed by atoms with Crippen LogP contribution in [-0.4, -0.2) is 24.0 Å². The zero-order valence-electron chi connectivity index (χ0n) is 9.69.